The van der Waals surface area contributed by atoms with Gasteiger partial charge in [0, 0.05) is 6.42 Å². The van der Waals surface area contributed by atoms with E-state index in [-0.39, 0.29) is 0 Å². The molecule has 0 aliphatic rings. The number of carbonyl (C=O) groups is 1. The predicted octanol–water partition coefficient (Wildman–Crippen LogP) is 16.7. The summed E-state index contributed by atoms with van der Waals surface area (Å²) in [4.78, 5) is 10.3. The molecule has 0 aromatic rings. The van der Waals surface area contributed by atoms with Crippen LogP contribution in [0.5, 0.6) is 0 Å². The normalized spacial score (nSPS) is 12.6. The van der Waals surface area contributed by atoms with Crippen molar-refractivity contribution in [2.45, 2.75) is 216 Å². The highest BCUT2D eigenvalue weighted by molar-refractivity contribution is 5.66. The standard InChI is InChI=1S/C30H50.C18H34O2/c1-25(2)15-11-19-29(7)23-13-21-27(5)17-9-10-18-28(6)22-14-24-30(8)20-12-16-26(3)4;1-2-3-4-5-6-7-8-9-10-11-12-13-14-15-16-17-18(19)20/h15-18,23-24H,9-14,19-22H2,1-8H3;9-10H,2-8,11-17H2,1H3,(H,19,20)/b27-17+,28-18+,29-23+,30-24+;10-9-. The van der Waals surface area contributed by atoms with Gasteiger partial charge in [-0.25, -0.2) is 0 Å². The third kappa shape index (κ3) is 43.7. The number of unbranched alkanes of at least 4 members (excludes halogenated alkanes) is 12. The second kappa shape index (κ2) is 37.9. The number of aliphatic carboxylic acids is 1. The second-order valence-electron chi connectivity index (χ2n) is 15.2. The molecule has 50 heavy (non-hydrogen) atoms. The molecule has 0 aromatic heterocycles. The number of rotatable bonds is 30. The Hall–Kier alpha value is -2.35. The van der Waals surface area contributed by atoms with Gasteiger partial charge in [0.2, 0.25) is 0 Å². The summed E-state index contributed by atoms with van der Waals surface area (Å²) in [5.74, 6) is -0.664. The van der Waals surface area contributed by atoms with Crippen molar-refractivity contribution in [3.05, 3.63) is 82.0 Å². The van der Waals surface area contributed by atoms with Crippen LogP contribution in [0.4, 0.5) is 0 Å². The highest BCUT2D eigenvalue weighted by Gasteiger charge is 1.97. The molecule has 0 amide bonds. The zero-order chi connectivity index (χ0) is 37.7. The number of allylic oxidation sites excluding steroid dienone is 14. The van der Waals surface area contributed by atoms with Gasteiger partial charge in [-0.05, 0) is 152 Å². The van der Waals surface area contributed by atoms with Gasteiger partial charge >= 0.3 is 5.97 Å². The van der Waals surface area contributed by atoms with Crippen molar-refractivity contribution < 1.29 is 9.90 Å². The lowest BCUT2D eigenvalue weighted by Crippen LogP contribution is -1.93. The molecule has 0 fully saturated rings. The molecule has 0 aliphatic carbocycles. The predicted molar refractivity (Wildman–Crippen MR) is 227 cm³/mol. The fourth-order valence-electron chi connectivity index (χ4n) is 5.68. The molecule has 0 atom stereocenters. The molecule has 0 aliphatic heterocycles. The van der Waals surface area contributed by atoms with E-state index in [0.717, 1.165) is 12.8 Å². The summed E-state index contributed by atoms with van der Waals surface area (Å²) in [5.41, 5.74) is 8.97. The van der Waals surface area contributed by atoms with Gasteiger partial charge < -0.3 is 5.11 Å². The maximum atomic E-state index is 10.3. The summed E-state index contributed by atoms with van der Waals surface area (Å²) in [6.07, 6.45) is 47.5. The van der Waals surface area contributed by atoms with Crippen LogP contribution in [0.25, 0.3) is 0 Å². The second-order valence-corrected chi connectivity index (χ2v) is 15.2. The third-order valence-corrected chi connectivity index (χ3v) is 9.05. The minimum Gasteiger partial charge on any atom is -0.481 e. The average molecular weight is 693 g/mol. The van der Waals surface area contributed by atoms with Gasteiger partial charge in [-0.3, -0.25) is 4.79 Å². The minimum absolute atomic E-state index is 0.332. The molecule has 2 heteroatoms. The zero-order valence-corrected chi connectivity index (χ0v) is 34.9. The van der Waals surface area contributed by atoms with E-state index < -0.39 is 5.97 Å². The fourth-order valence-corrected chi connectivity index (χ4v) is 5.68. The number of carboxylic acids is 1. The van der Waals surface area contributed by atoms with Gasteiger partial charge in [0.25, 0.3) is 0 Å². The van der Waals surface area contributed by atoms with Crippen molar-refractivity contribution in [3.63, 3.8) is 0 Å². The summed E-state index contributed by atoms with van der Waals surface area (Å²) in [5, 5.41) is 8.51. The van der Waals surface area contributed by atoms with Gasteiger partial charge in [-0.2, -0.15) is 0 Å². The highest BCUT2D eigenvalue weighted by Crippen LogP contribution is 2.15. The number of carboxylic acid groups (broad SMARTS) is 1. The largest absolute Gasteiger partial charge is 0.481 e. The number of hydrogen-bond donors (Lipinski definition) is 1. The molecule has 0 bridgehead atoms. The van der Waals surface area contributed by atoms with Crippen molar-refractivity contribution in [2.75, 3.05) is 0 Å². The summed E-state index contributed by atoms with van der Waals surface area (Å²) >= 11 is 0. The smallest absolute Gasteiger partial charge is 0.303 e. The highest BCUT2D eigenvalue weighted by atomic mass is 16.4. The Kier molecular flexibility index (Phi) is 37.7. The van der Waals surface area contributed by atoms with Crippen LogP contribution in [0.15, 0.2) is 82.0 Å². The molecule has 2 nitrogen and oxygen atoms in total. The van der Waals surface area contributed by atoms with Crippen molar-refractivity contribution in [2.24, 2.45) is 0 Å². The molecule has 0 rings (SSSR count). The van der Waals surface area contributed by atoms with Crippen molar-refractivity contribution >= 4 is 5.97 Å². The van der Waals surface area contributed by atoms with Crippen LogP contribution in [-0.4, -0.2) is 11.1 Å². The molecular weight excluding hydrogens is 609 g/mol. The van der Waals surface area contributed by atoms with E-state index in [4.69, 9.17) is 5.11 Å². The Morgan fingerprint density at radius 3 is 1.06 bits per heavy atom. The summed E-state index contributed by atoms with van der Waals surface area (Å²) in [7, 11) is 0. The average Bonchev–Trinajstić information content (AvgIpc) is 3.04. The monoisotopic (exact) mass is 693 g/mol. The Morgan fingerprint density at radius 2 is 0.700 bits per heavy atom. The van der Waals surface area contributed by atoms with Crippen LogP contribution in [0.2, 0.25) is 0 Å². The van der Waals surface area contributed by atoms with Crippen LogP contribution in [0.1, 0.15) is 216 Å². The van der Waals surface area contributed by atoms with E-state index >= 15 is 0 Å². The van der Waals surface area contributed by atoms with Crippen LogP contribution >= 0.6 is 0 Å². The first-order valence-corrected chi connectivity index (χ1v) is 20.7. The van der Waals surface area contributed by atoms with Crippen molar-refractivity contribution in [3.8, 4) is 0 Å². The summed E-state index contributed by atoms with van der Waals surface area (Å²) in [6, 6.07) is 0. The fraction of sp³-hybridized carbons (Fsp3) is 0.688. The molecule has 0 saturated heterocycles. The van der Waals surface area contributed by atoms with Crippen molar-refractivity contribution in [1.29, 1.82) is 0 Å². The molecule has 0 radical (unpaired) electrons. The van der Waals surface area contributed by atoms with E-state index in [9.17, 15) is 4.79 Å². The Morgan fingerprint density at radius 1 is 0.380 bits per heavy atom. The Balaban J connectivity index is 0. The van der Waals surface area contributed by atoms with Crippen LogP contribution in [0, 0.1) is 0 Å². The first-order valence-electron chi connectivity index (χ1n) is 20.7. The molecule has 1 N–H and O–H groups in total. The van der Waals surface area contributed by atoms with Crippen LogP contribution in [-0.2, 0) is 4.79 Å². The van der Waals surface area contributed by atoms with E-state index in [2.05, 4.69) is 111 Å². The quantitative estimate of drug-likeness (QED) is 0.0601. The molecule has 0 aromatic carbocycles. The van der Waals surface area contributed by atoms with Gasteiger partial charge in [0.05, 0.1) is 0 Å². The number of hydrogen-bond acceptors (Lipinski definition) is 1. The zero-order valence-electron chi connectivity index (χ0n) is 34.9. The van der Waals surface area contributed by atoms with Gasteiger partial charge in [0.1, 0.15) is 0 Å². The maximum absolute atomic E-state index is 10.3. The Bertz CT molecular complexity index is 960. The Labute approximate surface area is 313 Å². The van der Waals surface area contributed by atoms with Crippen molar-refractivity contribution in [1.82, 2.24) is 0 Å². The van der Waals surface area contributed by atoms with Crippen LogP contribution in [0.3, 0.4) is 0 Å². The lowest BCUT2D eigenvalue weighted by atomic mass is 10.0. The van der Waals surface area contributed by atoms with E-state index in [1.165, 1.54) is 168 Å². The first-order chi connectivity index (χ1) is 24.0. The molecule has 0 spiro atoms. The molecular formula is C48H84O2. The van der Waals surface area contributed by atoms with Crippen LogP contribution < -0.4 is 0 Å². The lowest BCUT2D eigenvalue weighted by Gasteiger charge is -2.02. The van der Waals surface area contributed by atoms with Gasteiger partial charge in [-0.15, -0.1) is 0 Å². The summed E-state index contributed by atoms with van der Waals surface area (Å²) in [6.45, 7) is 20.1. The minimum atomic E-state index is -0.664. The first kappa shape index (κ1) is 49.8. The maximum Gasteiger partial charge on any atom is 0.303 e. The third-order valence-electron chi connectivity index (χ3n) is 9.05. The molecule has 288 valence electrons. The van der Waals surface area contributed by atoms with E-state index in [0.29, 0.717) is 6.42 Å². The summed E-state index contributed by atoms with van der Waals surface area (Å²) < 4.78 is 0. The van der Waals surface area contributed by atoms with E-state index in [1.54, 1.807) is 0 Å². The van der Waals surface area contributed by atoms with E-state index in [1.807, 2.05) is 0 Å². The molecule has 0 heterocycles. The molecule has 0 unspecified atom stereocenters. The van der Waals surface area contributed by atoms with Gasteiger partial charge in [-0.1, -0.05) is 140 Å². The lowest BCUT2D eigenvalue weighted by molar-refractivity contribution is -0.137. The SMILES string of the molecule is CC(C)=CCC/C(C)=C/CC/C(C)=C/CC/C=C(\C)CC/C=C(\C)CCC=C(C)C.CCCCCCCC/C=C\CCCCCCCC(=O)O. The topological polar surface area (TPSA) is 37.3 Å². The van der Waals surface area contributed by atoms with Gasteiger partial charge in [0.15, 0.2) is 0 Å². The molecule has 0 saturated carbocycles.